The molecule has 1 amide bonds. The second-order valence-corrected chi connectivity index (χ2v) is 6.83. The lowest BCUT2D eigenvalue weighted by Gasteiger charge is -2.24. The van der Waals surface area contributed by atoms with Crippen LogP contribution >= 0.6 is 11.8 Å². The normalized spacial score (nSPS) is 17.0. The van der Waals surface area contributed by atoms with Gasteiger partial charge in [0.15, 0.2) is 0 Å². The van der Waals surface area contributed by atoms with E-state index in [0.29, 0.717) is 6.54 Å². The number of carbonyl (C=O) groups excluding carboxylic acids is 1. The van der Waals surface area contributed by atoms with E-state index in [1.54, 1.807) is 11.8 Å². The fraction of sp³-hybridized carbons (Fsp3) is 0.412. The van der Waals surface area contributed by atoms with Crippen LogP contribution in [-0.4, -0.2) is 28.0 Å². The summed E-state index contributed by atoms with van der Waals surface area (Å²) in [5.74, 6) is 1.16. The summed E-state index contributed by atoms with van der Waals surface area (Å²) < 4.78 is 1.81. The molecule has 2 heterocycles. The van der Waals surface area contributed by atoms with Gasteiger partial charge in [-0.2, -0.15) is 5.10 Å². The van der Waals surface area contributed by atoms with E-state index < -0.39 is 0 Å². The lowest BCUT2D eigenvalue weighted by molar-refractivity contribution is -0.120. The average molecular weight is 315 g/mol. The fourth-order valence-electron chi connectivity index (χ4n) is 2.81. The lowest BCUT2D eigenvalue weighted by Crippen LogP contribution is -2.31. The van der Waals surface area contributed by atoms with Crippen LogP contribution in [0.5, 0.6) is 0 Å². The summed E-state index contributed by atoms with van der Waals surface area (Å²) in [5, 5.41) is 7.19. The van der Waals surface area contributed by atoms with Crippen LogP contribution in [0.15, 0.2) is 36.7 Å². The number of benzene rings is 1. The van der Waals surface area contributed by atoms with E-state index in [9.17, 15) is 4.79 Å². The van der Waals surface area contributed by atoms with Gasteiger partial charge in [0.05, 0.1) is 6.20 Å². The Bertz CT molecular complexity index is 653. The highest BCUT2D eigenvalue weighted by atomic mass is 32.2. The minimum atomic E-state index is -0.0525. The molecule has 0 bridgehead atoms. The van der Waals surface area contributed by atoms with Crippen LogP contribution in [0.25, 0.3) is 0 Å². The highest BCUT2D eigenvalue weighted by Gasteiger charge is 2.26. The first-order chi connectivity index (χ1) is 10.7. The van der Waals surface area contributed by atoms with Crippen molar-refractivity contribution in [2.75, 3.05) is 12.3 Å². The summed E-state index contributed by atoms with van der Waals surface area (Å²) in [4.78, 5) is 12.4. The van der Waals surface area contributed by atoms with E-state index in [-0.39, 0.29) is 11.2 Å². The van der Waals surface area contributed by atoms with Gasteiger partial charge in [-0.3, -0.25) is 9.48 Å². The van der Waals surface area contributed by atoms with Gasteiger partial charge in [0.1, 0.15) is 5.25 Å². The Morgan fingerprint density at radius 1 is 1.45 bits per heavy atom. The van der Waals surface area contributed by atoms with Crippen molar-refractivity contribution in [1.29, 1.82) is 0 Å². The van der Waals surface area contributed by atoms with Crippen molar-refractivity contribution >= 4 is 17.7 Å². The molecule has 1 aliphatic heterocycles. The molecular formula is C17H21N3OS. The summed E-state index contributed by atoms with van der Waals surface area (Å²) in [6.07, 6.45) is 6.86. The molecule has 0 saturated heterocycles. The van der Waals surface area contributed by atoms with Gasteiger partial charge in [-0.1, -0.05) is 24.3 Å². The molecule has 1 N–H and O–H groups in total. The van der Waals surface area contributed by atoms with Crippen molar-refractivity contribution in [3.8, 4) is 0 Å². The van der Waals surface area contributed by atoms with E-state index in [2.05, 4.69) is 28.6 Å². The summed E-state index contributed by atoms with van der Waals surface area (Å²) >= 11 is 1.75. The van der Waals surface area contributed by atoms with Crippen LogP contribution < -0.4 is 5.32 Å². The molecule has 0 unspecified atom stereocenters. The van der Waals surface area contributed by atoms with E-state index in [0.717, 1.165) is 25.0 Å². The predicted octanol–water partition coefficient (Wildman–Crippen LogP) is 2.50. The first-order valence-corrected chi connectivity index (χ1v) is 8.73. The molecule has 22 heavy (non-hydrogen) atoms. The summed E-state index contributed by atoms with van der Waals surface area (Å²) in [6.45, 7) is 0.715. The maximum atomic E-state index is 12.4. The molecule has 1 aromatic carbocycles. The summed E-state index contributed by atoms with van der Waals surface area (Å²) in [7, 11) is 1.92. The van der Waals surface area contributed by atoms with E-state index in [4.69, 9.17) is 0 Å². The molecule has 5 heteroatoms. The van der Waals surface area contributed by atoms with Gasteiger partial charge in [0.25, 0.3) is 0 Å². The van der Waals surface area contributed by atoms with Gasteiger partial charge in [-0.15, -0.1) is 11.8 Å². The molecule has 0 fully saturated rings. The summed E-state index contributed by atoms with van der Waals surface area (Å²) in [6, 6.07) is 8.30. The van der Waals surface area contributed by atoms with Crippen LogP contribution in [0.4, 0.5) is 0 Å². The Labute approximate surface area is 135 Å². The minimum absolute atomic E-state index is 0.0525. The zero-order chi connectivity index (χ0) is 15.4. The first-order valence-electron chi connectivity index (χ1n) is 7.68. The van der Waals surface area contributed by atoms with Gasteiger partial charge < -0.3 is 5.32 Å². The number of hydrogen-bond donors (Lipinski definition) is 1. The number of hydrogen-bond acceptors (Lipinski definition) is 3. The highest BCUT2D eigenvalue weighted by molar-refractivity contribution is 8.00. The quantitative estimate of drug-likeness (QED) is 0.862. The van der Waals surface area contributed by atoms with Gasteiger partial charge in [-0.25, -0.2) is 0 Å². The maximum absolute atomic E-state index is 12.4. The number of nitrogens with one attached hydrogen (secondary N) is 1. The number of aromatic nitrogens is 2. The summed E-state index contributed by atoms with van der Waals surface area (Å²) in [5.41, 5.74) is 3.72. The van der Waals surface area contributed by atoms with E-state index in [1.807, 2.05) is 30.2 Å². The van der Waals surface area contributed by atoms with Crippen molar-refractivity contribution < 1.29 is 4.79 Å². The topological polar surface area (TPSA) is 46.9 Å². The molecule has 0 saturated carbocycles. The molecule has 0 radical (unpaired) electrons. The number of aryl methyl sites for hydroxylation is 3. The molecule has 0 aliphatic carbocycles. The molecule has 1 aromatic heterocycles. The number of carbonyl (C=O) groups is 1. The van der Waals surface area contributed by atoms with Gasteiger partial charge in [0, 0.05) is 19.8 Å². The van der Waals surface area contributed by atoms with Crippen molar-refractivity contribution in [2.45, 2.75) is 24.5 Å². The Balaban J connectivity index is 1.50. The van der Waals surface area contributed by atoms with Gasteiger partial charge in [0.2, 0.25) is 5.91 Å². The van der Waals surface area contributed by atoms with Crippen molar-refractivity contribution in [1.82, 2.24) is 15.1 Å². The first kappa shape index (κ1) is 15.2. The smallest absolute Gasteiger partial charge is 0.237 e. The second kappa shape index (κ2) is 7.01. The Morgan fingerprint density at radius 2 is 2.32 bits per heavy atom. The molecule has 4 nitrogen and oxygen atoms in total. The van der Waals surface area contributed by atoms with Crippen LogP contribution in [0, 0.1) is 0 Å². The molecule has 116 valence electrons. The highest BCUT2D eigenvalue weighted by Crippen LogP contribution is 2.36. The van der Waals surface area contributed by atoms with Crippen molar-refractivity contribution in [3.63, 3.8) is 0 Å². The molecule has 1 aliphatic rings. The average Bonchev–Trinajstić information content (AvgIpc) is 2.96. The van der Waals surface area contributed by atoms with Crippen LogP contribution in [0.2, 0.25) is 0 Å². The molecule has 1 atom stereocenters. The van der Waals surface area contributed by atoms with E-state index >= 15 is 0 Å². The third-order valence-corrected chi connectivity index (χ3v) is 5.17. The van der Waals surface area contributed by atoms with Crippen LogP contribution in [-0.2, 0) is 24.7 Å². The second-order valence-electron chi connectivity index (χ2n) is 5.62. The maximum Gasteiger partial charge on any atom is 0.237 e. The van der Waals surface area contributed by atoms with Crippen molar-refractivity contribution in [3.05, 3.63) is 53.3 Å². The SMILES string of the molecule is Cn1cc(CCCNC(=O)[C@@H]2SCCc3ccccc32)cn1. The van der Waals surface area contributed by atoms with Gasteiger partial charge >= 0.3 is 0 Å². The third kappa shape index (κ3) is 3.53. The minimum Gasteiger partial charge on any atom is -0.355 e. The Kier molecular flexibility index (Phi) is 4.83. The molecule has 3 rings (SSSR count). The number of nitrogens with zero attached hydrogens (tertiary/aromatic N) is 2. The number of amides is 1. The molecule has 2 aromatic rings. The number of fused-ring (bicyclic) bond motifs is 1. The third-order valence-electron chi connectivity index (χ3n) is 3.93. The van der Waals surface area contributed by atoms with Crippen LogP contribution in [0.3, 0.4) is 0 Å². The predicted molar refractivity (Wildman–Crippen MR) is 89.9 cm³/mol. The van der Waals surface area contributed by atoms with Crippen molar-refractivity contribution in [2.24, 2.45) is 7.05 Å². The lowest BCUT2D eigenvalue weighted by atomic mass is 10.0. The fourth-order valence-corrected chi connectivity index (χ4v) is 4.03. The van der Waals surface area contributed by atoms with E-state index in [1.165, 1.54) is 16.7 Å². The zero-order valence-corrected chi connectivity index (χ0v) is 13.6. The van der Waals surface area contributed by atoms with Crippen LogP contribution in [0.1, 0.15) is 28.4 Å². The monoisotopic (exact) mass is 315 g/mol. The largest absolute Gasteiger partial charge is 0.355 e. The zero-order valence-electron chi connectivity index (χ0n) is 12.8. The number of rotatable bonds is 5. The van der Waals surface area contributed by atoms with Gasteiger partial charge in [-0.05, 0) is 41.7 Å². The standard InChI is InChI=1S/C17H21N3OS/c1-20-12-13(11-19-20)5-4-9-18-17(21)16-15-7-3-2-6-14(15)8-10-22-16/h2-3,6-7,11-12,16H,4-5,8-10H2,1H3,(H,18,21)/t16-/m1/s1. The number of thioether (sulfide) groups is 1. The molecular weight excluding hydrogens is 294 g/mol. The molecule has 0 spiro atoms. The Morgan fingerprint density at radius 3 is 3.14 bits per heavy atom. The Hall–Kier alpha value is -1.75.